The largest absolute Gasteiger partial charge is 0.491 e. The average Bonchev–Trinajstić information content (AvgIpc) is 3.42. The third kappa shape index (κ3) is 4.89. The maximum absolute atomic E-state index is 13.6. The zero-order valence-electron chi connectivity index (χ0n) is 19.2. The van der Waals surface area contributed by atoms with Gasteiger partial charge in [0.2, 0.25) is 5.95 Å². The van der Waals surface area contributed by atoms with Crippen molar-refractivity contribution in [1.82, 2.24) is 19.5 Å². The Labute approximate surface area is 215 Å². The van der Waals surface area contributed by atoms with E-state index in [4.69, 9.17) is 11.6 Å². The van der Waals surface area contributed by atoms with Gasteiger partial charge in [-0.2, -0.15) is 18.2 Å². The van der Waals surface area contributed by atoms with Crippen LogP contribution in [-0.4, -0.2) is 37.7 Å². The quantitative estimate of drug-likeness (QED) is 0.264. The van der Waals surface area contributed by atoms with E-state index in [1.807, 2.05) is 13.8 Å². The summed E-state index contributed by atoms with van der Waals surface area (Å²) in [7, 11) is 0. The Morgan fingerprint density at radius 1 is 1.11 bits per heavy atom. The van der Waals surface area contributed by atoms with Gasteiger partial charge in [0, 0.05) is 15.9 Å². The number of carbonyl (C=O) groups excluding carboxylic acids is 1. The Morgan fingerprint density at radius 3 is 2.51 bits per heavy atom. The molecule has 0 bridgehead atoms. The van der Waals surface area contributed by atoms with Gasteiger partial charge in [0.15, 0.2) is 0 Å². The first-order valence-electron chi connectivity index (χ1n) is 10.9. The van der Waals surface area contributed by atoms with Crippen LogP contribution in [0.3, 0.4) is 0 Å². The number of hydrogen-bond acceptors (Lipinski definition) is 7. The number of fused-ring (bicyclic) bond motifs is 2. The molecule has 3 aromatic heterocycles. The van der Waals surface area contributed by atoms with E-state index in [1.165, 1.54) is 12.1 Å². The van der Waals surface area contributed by atoms with Crippen molar-refractivity contribution in [2.75, 3.05) is 5.32 Å². The second-order valence-electron chi connectivity index (χ2n) is 8.34. The highest BCUT2D eigenvalue weighted by Gasteiger charge is 2.42. The third-order valence-electron chi connectivity index (χ3n) is 5.21. The number of anilines is 1. The van der Waals surface area contributed by atoms with Gasteiger partial charge < -0.3 is 15.0 Å². The lowest BCUT2D eigenvalue weighted by atomic mass is 10.2. The molecule has 190 valence electrons. The monoisotopic (exact) mass is 547 g/mol. The molecule has 2 aromatic carbocycles. The minimum atomic E-state index is -5.29. The first-order valence-corrected chi connectivity index (χ1v) is 12.1. The van der Waals surface area contributed by atoms with Crippen molar-refractivity contribution < 1.29 is 22.7 Å². The summed E-state index contributed by atoms with van der Waals surface area (Å²) in [5.41, 5.74) is 1.33. The first-order chi connectivity index (χ1) is 17.5. The van der Waals surface area contributed by atoms with E-state index < -0.39 is 23.7 Å². The molecular formula is C24H17ClF3N5O3S. The van der Waals surface area contributed by atoms with Crippen molar-refractivity contribution in [3.05, 3.63) is 63.9 Å². The fourth-order valence-electron chi connectivity index (χ4n) is 3.63. The minimum absolute atomic E-state index is 0.0900. The smallest absolute Gasteiger partial charge is 0.385 e. The number of alkyl halides is 3. The maximum atomic E-state index is 13.6. The molecule has 37 heavy (non-hydrogen) atoms. The van der Waals surface area contributed by atoms with Crippen LogP contribution in [0.5, 0.6) is 6.01 Å². The number of aromatic amines is 1. The molecule has 3 heterocycles. The number of nitrogens with zero attached hydrogens (tertiary/aromatic N) is 3. The van der Waals surface area contributed by atoms with Crippen LogP contribution in [0.1, 0.15) is 13.8 Å². The molecule has 5 rings (SSSR count). The molecule has 0 aliphatic heterocycles. The summed E-state index contributed by atoms with van der Waals surface area (Å²) in [4.78, 5) is 37.5. The summed E-state index contributed by atoms with van der Waals surface area (Å²) in [6.07, 6.45) is -5.29. The molecule has 5 aromatic rings. The van der Waals surface area contributed by atoms with E-state index in [-0.39, 0.29) is 21.9 Å². The number of hydrogen-bond donors (Lipinski definition) is 2. The number of ether oxygens (including phenoxy) is 1. The molecule has 0 amide bonds. The zero-order chi connectivity index (χ0) is 26.5. The van der Waals surface area contributed by atoms with Crippen molar-refractivity contribution in [3.63, 3.8) is 0 Å². The SMILES string of the molecule is CC(C)Nc1nc2ccc(-n3c(OC(=O)C(F)(F)F)nc4cc(-c5ccc(Cl)cc5)sc4c3=O)cc2[nH]1. The Kier molecular flexibility index (Phi) is 6.16. The van der Waals surface area contributed by atoms with Gasteiger partial charge in [-0.25, -0.2) is 14.3 Å². The number of thiophene rings is 1. The maximum Gasteiger partial charge on any atom is 0.491 e. The highest BCUT2D eigenvalue weighted by atomic mass is 35.5. The predicted molar refractivity (Wildman–Crippen MR) is 136 cm³/mol. The second-order valence-corrected chi connectivity index (χ2v) is 9.83. The normalized spacial score (nSPS) is 12.0. The van der Waals surface area contributed by atoms with Crippen LogP contribution in [0.15, 0.2) is 53.3 Å². The van der Waals surface area contributed by atoms with Crippen LogP contribution in [0, 0.1) is 0 Å². The molecule has 0 saturated carbocycles. The molecule has 0 radical (unpaired) electrons. The van der Waals surface area contributed by atoms with Crippen LogP contribution in [0.4, 0.5) is 19.1 Å². The van der Waals surface area contributed by atoms with Gasteiger partial charge in [0.25, 0.3) is 5.56 Å². The number of benzene rings is 2. The van der Waals surface area contributed by atoms with E-state index in [0.29, 0.717) is 26.9 Å². The Hall–Kier alpha value is -3.90. The standard InChI is InChI=1S/C24H17ClF3N5O3S/c1-11(2)29-22-30-15-8-7-14(9-16(15)31-22)33-20(34)19-17(32-23(33)36-21(35)24(26,27)28)10-18(37-19)12-3-5-13(25)6-4-12/h3-11H,1-2H3,(H2,29,30,31). The van der Waals surface area contributed by atoms with Crippen LogP contribution >= 0.6 is 22.9 Å². The molecule has 2 N–H and O–H groups in total. The molecule has 0 spiro atoms. The van der Waals surface area contributed by atoms with Crippen LogP contribution in [0.2, 0.25) is 5.02 Å². The van der Waals surface area contributed by atoms with E-state index >= 15 is 0 Å². The number of rotatable bonds is 5. The molecule has 0 saturated heterocycles. The predicted octanol–water partition coefficient (Wildman–Crippen LogP) is 5.93. The summed E-state index contributed by atoms with van der Waals surface area (Å²) in [6, 6.07) is 12.2. The number of imidazole rings is 1. The summed E-state index contributed by atoms with van der Waals surface area (Å²) >= 11 is 7.06. The lowest BCUT2D eigenvalue weighted by molar-refractivity contribution is -0.190. The summed E-state index contributed by atoms with van der Waals surface area (Å²) < 4.78 is 44.7. The van der Waals surface area contributed by atoms with Gasteiger partial charge in [-0.05, 0) is 55.8 Å². The average molecular weight is 548 g/mol. The minimum Gasteiger partial charge on any atom is -0.385 e. The van der Waals surface area contributed by atoms with Crippen molar-refractivity contribution in [2.45, 2.75) is 26.1 Å². The Bertz CT molecular complexity index is 1710. The second kappa shape index (κ2) is 9.20. The lowest BCUT2D eigenvalue weighted by Crippen LogP contribution is -2.31. The van der Waals surface area contributed by atoms with E-state index in [9.17, 15) is 22.8 Å². The van der Waals surface area contributed by atoms with Crippen LogP contribution in [0.25, 0.3) is 37.4 Å². The Balaban J connectivity index is 1.69. The molecular weight excluding hydrogens is 531 g/mol. The number of esters is 1. The van der Waals surface area contributed by atoms with Gasteiger partial charge >= 0.3 is 18.2 Å². The fourth-order valence-corrected chi connectivity index (χ4v) is 4.79. The van der Waals surface area contributed by atoms with Crippen molar-refractivity contribution in [3.8, 4) is 22.1 Å². The van der Waals surface area contributed by atoms with Crippen molar-refractivity contribution >= 4 is 56.1 Å². The molecule has 0 fully saturated rings. The van der Waals surface area contributed by atoms with Gasteiger partial charge in [0.05, 0.1) is 22.2 Å². The fraction of sp³-hybridized carbons (Fsp3) is 0.167. The van der Waals surface area contributed by atoms with E-state index in [1.54, 1.807) is 36.4 Å². The van der Waals surface area contributed by atoms with E-state index in [0.717, 1.165) is 21.5 Å². The van der Waals surface area contributed by atoms with E-state index in [2.05, 4.69) is 25.0 Å². The molecule has 0 aliphatic rings. The molecule has 0 atom stereocenters. The number of carbonyl (C=O) groups is 1. The third-order valence-corrected chi connectivity index (χ3v) is 6.62. The van der Waals surface area contributed by atoms with Gasteiger partial charge in [-0.3, -0.25) is 4.79 Å². The number of nitrogens with one attached hydrogen (secondary N) is 2. The summed E-state index contributed by atoms with van der Waals surface area (Å²) in [5.74, 6) is -2.01. The van der Waals surface area contributed by atoms with Gasteiger partial charge in [-0.1, -0.05) is 23.7 Å². The zero-order valence-corrected chi connectivity index (χ0v) is 20.8. The topological polar surface area (TPSA) is 102 Å². The molecule has 8 nitrogen and oxygen atoms in total. The van der Waals surface area contributed by atoms with Crippen molar-refractivity contribution in [2.24, 2.45) is 0 Å². The summed E-state index contributed by atoms with van der Waals surface area (Å²) in [6.45, 7) is 3.86. The number of halogens is 4. The Morgan fingerprint density at radius 2 is 1.84 bits per heavy atom. The number of aromatic nitrogens is 4. The van der Waals surface area contributed by atoms with Gasteiger partial charge in [0.1, 0.15) is 4.70 Å². The lowest BCUT2D eigenvalue weighted by Gasteiger charge is -2.12. The highest BCUT2D eigenvalue weighted by Crippen LogP contribution is 2.33. The van der Waals surface area contributed by atoms with Crippen LogP contribution < -0.4 is 15.6 Å². The number of H-pyrrole nitrogens is 1. The van der Waals surface area contributed by atoms with Crippen molar-refractivity contribution in [1.29, 1.82) is 0 Å². The van der Waals surface area contributed by atoms with Gasteiger partial charge in [-0.15, -0.1) is 11.3 Å². The molecule has 0 unspecified atom stereocenters. The highest BCUT2D eigenvalue weighted by molar-refractivity contribution is 7.22. The molecule has 0 aliphatic carbocycles. The van der Waals surface area contributed by atoms with Crippen LogP contribution in [-0.2, 0) is 4.79 Å². The first kappa shape index (κ1) is 24.8. The molecule has 13 heteroatoms. The summed E-state index contributed by atoms with van der Waals surface area (Å²) in [5, 5.41) is 3.64.